The quantitative estimate of drug-likeness (QED) is 0.424. The minimum absolute atomic E-state index is 0.00777. The van der Waals surface area contributed by atoms with Crippen molar-refractivity contribution in [3.8, 4) is 22.3 Å². The molecule has 0 saturated heterocycles. The first-order valence-corrected chi connectivity index (χ1v) is 10.1. The van der Waals surface area contributed by atoms with E-state index in [4.69, 9.17) is 0 Å². The summed E-state index contributed by atoms with van der Waals surface area (Å²) >= 11 is 0. The summed E-state index contributed by atoms with van der Waals surface area (Å²) in [7, 11) is 0. The van der Waals surface area contributed by atoms with Gasteiger partial charge < -0.3 is 15.3 Å². The molecule has 32 heavy (non-hydrogen) atoms. The van der Waals surface area contributed by atoms with Gasteiger partial charge in [-0.15, -0.1) is 0 Å². The zero-order valence-corrected chi connectivity index (χ0v) is 17.2. The lowest BCUT2D eigenvalue weighted by Gasteiger charge is -2.18. The molecule has 0 saturated carbocycles. The Morgan fingerprint density at radius 3 is 2.25 bits per heavy atom. The number of aliphatic hydroxyl groups is 3. The summed E-state index contributed by atoms with van der Waals surface area (Å²) in [5.41, 5.74) is 1.45. The van der Waals surface area contributed by atoms with E-state index >= 15 is 0 Å². The summed E-state index contributed by atoms with van der Waals surface area (Å²) in [6, 6.07) is 7.97. The number of halogens is 4. The van der Waals surface area contributed by atoms with E-state index in [1.54, 1.807) is 12.3 Å². The summed E-state index contributed by atoms with van der Waals surface area (Å²) in [5, 5.41) is 32.7. The van der Waals surface area contributed by atoms with E-state index in [2.05, 4.69) is 5.10 Å². The van der Waals surface area contributed by atoms with Crippen LogP contribution in [0.15, 0.2) is 48.8 Å². The Morgan fingerprint density at radius 2 is 1.62 bits per heavy atom. The fourth-order valence-electron chi connectivity index (χ4n) is 3.85. The fraction of sp³-hybridized carbons (Fsp3) is 0.348. The lowest BCUT2D eigenvalue weighted by atomic mass is 9.88. The predicted molar refractivity (Wildman–Crippen MR) is 111 cm³/mol. The van der Waals surface area contributed by atoms with Crippen molar-refractivity contribution in [2.24, 2.45) is 0 Å². The second-order valence-corrected chi connectivity index (χ2v) is 7.48. The first-order valence-electron chi connectivity index (χ1n) is 10.1. The number of hydrogen-bond acceptors (Lipinski definition) is 4. The average Bonchev–Trinajstić information content (AvgIpc) is 3.22. The first kappa shape index (κ1) is 23.9. The third-order valence-corrected chi connectivity index (χ3v) is 5.24. The standard InChI is InChI=1S/C23H24F4N2O3/c24-18-9-16(14-32)22(20-4-2-1-3-15(20)11-23(25,26)27)21(10-18)17-12-28-29(13-17)19(5-7-30)6-8-31/h1-4,9-10,12-13,19,30-32H,5-8,11,14H2. The van der Waals surface area contributed by atoms with Gasteiger partial charge in [0.15, 0.2) is 0 Å². The van der Waals surface area contributed by atoms with Gasteiger partial charge in [-0.1, -0.05) is 24.3 Å². The summed E-state index contributed by atoms with van der Waals surface area (Å²) in [5.74, 6) is -0.642. The zero-order valence-electron chi connectivity index (χ0n) is 17.2. The van der Waals surface area contributed by atoms with E-state index in [9.17, 15) is 32.9 Å². The number of aliphatic hydroxyl groups excluding tert-OH is 3. The van der Waals surface area contributed by atoms with Gasteiger partial charge in [-0.2, -0.15) is 18.3 Å². The van der Waals surface area contributed by atoms with Gasteiger partial charge >= 0.3 is 6.18 Å². The Labute approximate surface area is 182 Å². The van der Waals surface area contributed by atoms with Gasteiger partial charge in [0.1, 0.15) is 5.82 Å². The number of alkyl halides is 3. The monoisotopic (exact) mass is 452 g/mol. The summed E-state index contributed by atoms with van der Waals surface area (Å²) in [4.78, 5) is 0. The molecule has 0 spiro atoms. The van der Waals surface area contributed by atoms with Crippen LogP contribution in [0.1, 0.15) is 30.0 Å². The van der Waals surface area contributed by atoms with Crippen LogP contribution in [0.5, 0.6) is 0 Å². The number of aromatic nitrogens is 2. The van der Waals surface area contributed by atoms with E-state index < -0.39 is 25.0 Å². The van der Waals surface area contributed by atoms with Gasteiger partial charge in [0.05, 0.1) is 25.3 Å². The van der Waals surface area contributed by atoms with E-state index in [1.165, 1.54) is 35.1 Å². The van der Waals surface area contributed by atoms with Gasteiger partial charge in [0.25, 0.3) is 0 Å². The molecule has 0 atom stereocenters. The van der Waals surface area contributed by atoms with Crippen LogP contribution in [0.3, 0.4) is 0 Å². The molecule has 3 N–H and O–H groups in total. The molecule has 0 radical (unpaired) electrons. The second-order valence-electron chi connectivity index (χ2n) is 7.48. The van der Waals surface area contributed by atoms with Crippen molar-refractivity contribution in [1.29, 1.82) is 0 Å². The van der Waals surface area contributed by atoms with E-state index in [0.717, 1.165) is 6.07 Å². The van der Waals surface area contributed by atoms with Gasteiger partial charge in [-0.05, 0) is 52.8 Å². The van der Waals surface area contributed by atoms with Crippen LogP contribution < -0.4 is 0 Å². The van der Waals surface area contributed by atoms with Gasteiger partial charge in [0.2, 0.25) is 0 Å². The Morgan fingerprint density at radius 1 is 0.938 bits per heavy atom. The summed E-state index contributed by atoms with van der Waals surface area (Å²) in [6.07, 6.45) is -1.88. The molecular formula is C23H24F4N2O3. The van der Waals surface area contributed by atoms with Crippen molar-refractivity contribution in [1.82, 2.24) is 9.78 Å². The summed E-state index contributed by atoms with van der Waals surface area (Å²) in [6.45, 7) is -0.804. The highest BCUT2D eigenvalue weighted by Gasteiger charge is 2.30. The maximum absolute atomic E-state index is 14.4. The molecule has 3 aromatic rings. The molecule has 1 aromatic heterocycles. The van der Waals surface area contributed by atoms with Crippen molar-refractivity contribution in [3.05, 3.63) is 65.7 Å². The van der Waals surface area contributed by atoms with Crippen LogP contribution in [0.4, 0.5) is 17.6 Å². The van der Waals surface area contributed by atoms with Crippen molar-refractivity contribution < 1.29 is 32.9 Å². The molecule has 5 nitrogen and oxygen atoms in total. The van der Waals surface area contributed by atoms with Crippen LogP contribution in [0.2, 0.25) is 0 Å². The lowest BCUT2D eigenvalue weighted by molar-refractivity contribution is -0.127. The Balaban J connectivity index is 2.18. The first-order chi connectivity index (χ1) is 15.3. The Bertz CT molecular complexity index is 1040. The highest BCUT2D eigenvalue weighted by atomic mass is 19.4. The van der Waals surface area contributed by atoms with Crippen LogP contribution >= 0.6 is 0 Å². The summed E-state index contributed by atoms with van der Waals surface area (Å²) < 4.78 is 55.5. The van der Waals surface area contributed by atoms with E-state index in [-0.39, 0.29) is 35.9 Å². The van der Waals surface area contributed by atoms with Crippen molar-refractivity contribution in [2.45, 2.75) is 38.1 Å². The molecule has 9 heteroatoms. The van der Waals surface area contributed by atoms with Crippen LogP contribution in [0.25, 0.3) is 22.3 Å². The van der Waals surface area contributed by atoms with Crippen LogP contribution in [-0.2, 0) is 13.0 Å². The van der Waals surface area contributed by atoms with E-state index in [1.807, 2.05) is 0 Å². The van der Waals surface area contributed by atoms with Crippen molar-refractivity contribution >= 4 is 0 Å². The average molecular weight is 452 g/mol. The SMILES string of the molecule is OCCC(CCO)n1cc(-c2cc(F)cc(CO)c2-c2ccccc2CC(F)(F)F)cn1. The third kappa shape index (κ3) is 5.53. The molecule has 0 bridgehead atoms. The molecule has 0 fully saturated rings. The fourth-order valence-corrected chi connectivity index (χ4v) is 3.85. The molecule has 0 aliphatic heterocycles. The van der Waals surface area contributed by atoms with Gasteiger partial charge in [0, 0.05) is 25.0 Å². The topological polar surface area (TPSA) is 78.5 Å². The third-order valence-electron chi connectivity index (χ3n) is 5.24. The Kier molecular flexibility index (Phi) is 7.65. The minimum atomic E-state index is -4.44. The molecule has 0 aliphatic rings. The van der Waals surface area contributed by atoms with Crippen molar-refractivity contribution in [2.75, 3.05) is 13.2 Å². The molecular weight excluding hydrogens is 428 g/mol. The second kappa shape index (κ2) is 10.2. The number of benzene rings is 2. The molecule has 172 valence electrons. The van der Waals surface area contributed by atoms with Crippen molar-refractivity contribution in [3.63, 3.8) is 0 Å². The number of nitrogens with zero attached hydrogens (tertiary/aromatic N) is 2. The number of rotatable bonds is 9. The molecule has 3 rings (SSSR count). The molecule has 0 amide bonds. The van der Waals surface area contributed by atoms with E-state index in [0.29, 0.717) is 29.5 Å². The highest BCUT2D eigenvalue weighted by molar-refractivity contribution is 5.87. The molecule has 2 aromatic carbocycles. The Hall–Kier alpha value is -2.75. The smallest absolute Gasteiger partial charge is 0.393 e. The predicted octanol–water partition coefficient (Wildman–Crippen LogP) is 4.26. The molecule has 0 unspecified atom stereocenters. The lowest BCUT2D eigenvalue weighted by Crippen LogP contribution is -2.13. The molecule has 0 aliphatic carbocycles. The normalized spacial score (nSPS) is 12.0. The zero-order chi connectivity index (χ0) is 23.3. The van der Waals surface area contributed by atoms with Crippen LogP contribution in [0, 0.1) is 5.82 Å². The molecule has 1 heterocycles. The van der Waals surface area contributed by atoms with Gasteiger partial charge in [-0.25, -0.2) is 4.39 Å². The number of hydrogen-bond donors (Lipinski definition) is 3. The van der Waals surface area contributed by atoms with Gasteiger partial charge in [-0.3, -0.25) is 4.68 Å². The largest absolute Gasteiger partial charge is 0.396 e. The highest BCUT2D eigenvalue weighted by Crippen LogP contribution is 2.39. The van der Waals surface area contributed by atoms with Crippen LogP contribution in [-0.4, -0.2) is 44.5 Å². The maximum Gasteiger partial charge on any atom is 0.393 e. The minimum Gasteiger partial charge on any atom is -0.396 e. The maximum atomic E-state index is 14.4.